The topological polar surface area (TPSA) is 84.2 Å². The first-order chi connectivity index (χ1) is 11.8. The van der Waals surface area contributed by atoms with E-state index >= 15 is 0 Å². The summed E-state index contributed by atoms with van der Waals surface area (Å²) >= 11 is 5.85. The van der Waals surface area contributed by atoms with Crippen LogP contribution in [0.4, 0.5) is 5.69 Å². The molecule has 0 unspecified atom stereocenters. The van der Waals surface area contributed by atoms with E-state index in [1.54, 1.807) is 11.6 Å². The Hall–Kier alpha value is -2.51. The Morgan fingerprint density at radius 2 is 1.92 bits per heavy atom. The van der Waals surface area contributed by atoms with Crippen molar-refractivity contribution in [2.45, 2.75) is 18.4 Å². The summed E-state index contributed by atoms with van der Waals surface area (Å²) in [6, 6.07) is 13.7. The van der Waals surface area contributed by atoms with Crippen LogP contribution >= 0.6 is 11.6 Å². The summed E-state index contributed by atoms with van der Waals surface area (Å²) in [5, 5.41) is 14.4. The highest BCUT2D eigenvalue weighted by Gasteiger charge is 2.22. The van der Waals surface area contributed by atoms with Gasteiger partial charge in [0.05, 0.1) is 17.9 Å². The van der Waals surface area contributed by atoms with Crippen LogP contribution in [0.15, 0.2) is 59.6 Å². The van der Waals surface area contributed by atoms with E-state index in [0.717, 1.165) is 5.56 Å². The van der Waals surface area contributed by atoms with Gasteiger partial charge in [-0.05, 0) is 30.7 Å². The molecule has 3 rings (SSSR count). The number of phenols is 1. The smallest absolute Gasteiger partial charge is 0.265 e. The molecule has 0 saturated carbocycles. The van der Waals surface area contributed by atoms with Crippen LogP contribution in [0.3, 0.4) is 0 Å². The standard InChI is InChI=1S/C17H16ClN3O3S/c1-12-17(11-21(19-12)10-13-5-3-2-4-6-13)25(23,24)20-15-9-14(18)7-8-16(15)22/h2-9,11,20,22H,10H2,1H3. The van der Waals surface area contributed by atoms with Crippen molar-refractivity contribution in [2.75, 3.05) is 4.72 Å². The molecule has 0 saturated heterocycles. The molecule has 25 heavy (non-hydrogen) atoms. The highest BCUT2D eigenvalue weighted by Crippen LogP contribution is 2.29. The van der Waals surface area contributed by atoms with Crippen molar-refractivity contribution in [3.8, 4) is 5.75 Å². The third kappa shape index (κ3) is 3.94. The number of rotatable bonds is 5. The first kappa shape index (κ1) is 17.3. The van der Waals surface area contributed by atoms with Gasteiger partial charge in [-0.1, -0.05) is 41.9 Å². The van der Waals surface area contributed by atoms with Crippen LogP contribution in [0.25, 0.3) is 0 Å². The Morgan fingerprint density at radius 3 is 2.64 bits per heavy atom. The number of halogens is 1. The molecule has 1 heterocycles. The first-order valence-electron chi connectivity index (χ1n) is 7.44. The minimum absolute atomic E-state index is 0.0164. The predicted molar refractivity (Wildman–Crippen MR) is 96.4 cm³/mol. The summed E-state index contributed by atoms with van der Waals surface area (Å²) in [6.07, 6.45) is 1.46. The van der Waals surface area contributed by atoms with Crippen LogP contribution in [-0.2, 0) is 16.6 Å². The molecule has 0 aliphatic heterocycles. The van der Waals surface area contributed by atoms with Crippen molar-refractivity contribution >= 4 is 27.3 Å². The number of anilines is 1. The zero-order valence-corrected chi connectivity index (χ0v) is 14.9. The fourth-order valence-electron chi connectivity index (χ4n) is 2.40. The van der Waals surface area contributed by atoms with Crippen LogP contribution < -0.4 is 4.72 Å². The van der Waals surface area contributed by atoms with E-state index in [9.17, 15) is 13.5 Å². The van der Waals surface area contributed by atoms with Gasteiger partial charge < -0.3 is 5.11 Å². The van der Waals surface area contributed by atoms with Gasteiger partial charge in [0.15, 0.2) is 0 Å². The molecule has 1 aromatic heterocycles. The first-order valence-corrected chi connectivity index (χ1v) is 9.30. The third-order valence-corrected chi connectivity index (χ3v) is 5.28. The minimum Gasteiger partial charge on any atom is -0.506 e. The van der Waals surface area contributed by atoms with Crippen molar-refractivity contribution in [1.29, 1.82) is 0 Å². The lowest BCUT2D eigenvalue weighted by molar-refractivity contribution is 0.477. The molecule has 0 aliphatic carbocycles. The van der Waals surface area contributed by atoms with Crippen molar-refractivity contribution in [3.63, 3.8) is 0 Å². The summed E-state index contributed by atoms with van der Waals surface area (Å²) < 4.78 is 29.2. The number of sulfonamides is 1. The zero-order chi connectivity index (χ0) is 18.0. The highest BCUT2D eigenvalue weighted by atomic mass is 35.5. The molecule has 2 N–H and O–H groups in total. The Bertz CT molecular complexity index is 1000. The van der Waals surface area contributed by atoms with E-state index < -0.39 is 10.0 Å². The average molecular weight is 378 g/mol. The lowest BCUT2D eigenvalue weighted by Gasteiger charge is -2.09. The van der Waals surface area contributed by atoms with Crippen LogP contribution in [-0.4, -0.2) is 23.3 Å². The Balaban J connectivity index is 1.89. The number of benzene rings is 2. The van der Waals surface area contributed by atoms with Crippen molar-refractivity contribution in [2.24, 2.45) is 0 Å². The number of nitrogens with zero attached hydrogens (tertiary/aromatic N) is 2. The van der Waals surface area contributed by atoms with Crippen molar-refractivity contribution in [1.82, 2.24) is 9.78 Å². The fraction of sp³-hybridized carbons (Fsp3) is 0.118. The second kappa shape index (κ2) is 6.78. The molecular weight excluding hydrogens is 362 g/mol. The van der Waals surface area contributed by atoms with Gasteiger partial charge in [0, 0.05) is 11.2 Å². The summed E-state index contributed by atoms with van der Waals surface area (Å²) in [4.78, 5) is 0.0443. The Kier molecular flexibility index (Phi) is 4.69. The van der Waals surface area contributed by atoms with Crippen molar-refractivity contribution in [3.05, 3.63) is 71.0 Å². The van der Waals surface area contributed by atoms with Crippen molar-refractivity contribution < 1.29 is 13.5 Å². The summed E-state index contributed by atoms with van der Waals surface area (Å²) in [6.45, 7) is 2.08. The predicted octanol–water partition coefficient (Wildman–Crippen LogP) is 3.40. The largest absolute Gasteiger partial charge is 0.506 e. The number of hydrogen-bond acceptors (Lipinski definition) is 4. The van der Waals surface area contributed by atoms with Crippen LogP contribution in [0.5, 0.6) is 5.75 Å². The number of aromatic hydroxyl groups is 1. The van der Waals surface area contributed by atoms with Gasteiger partial charge >= 0.3 is 0 Å². The SMILES string of the molecule is Cc1nn(Cc2ccccc2)cc1S(=O)(=O)Nc1cc(Cl)ccc1O. The average Bonchev–Trinajstić information content (AvgIpc) is 2.93. The highest BCUT2D eigenvalue weighted by molar-refractivity contribution is 7.92. The number of phenolic OH excluding ortho intramolecular Hbond substituents is 1. The normalized spacial score (nSPS) is 11.4. The molecule has 0 bridgehead atoms. The van der Waals surface area contributed by atoms with E-state index in [-0.39, 0.29) is 16.3 Å². The van der Waals surface area contributed by atoms with Gasteiger partial charge in [0.1, 0.15) is 10.6 Å². The van der Waals surface area contributed by atoms with E-state index in [1.165, 1.54) is 24.4 Å². The number of nitrogens with one attached hydrogen (secondary N) is 1. The van der Waals surface area contributed by atoms with Gasteiger partial charge in [-0.25, -0.2) is 8.42 Å². The molecule has 2 aromatic carbocycles. The lowest BCUT2D eigenvalue weighted by Crippen LogP contribution is -2.13. The number of aryl methyl sites for hydroxylation is 1. The molecule has 0 atom stereocenters. The van der Waals surface area contributed by atoms with E-state index in [4.69, 9.17) is 11.6 Å². The molecular formula is C17H16ClN3O3S. The Morgan fingerprint density at radius 1 is 1.20 bits per heavy atom. The molecule has 8 heteroatoms. The molecule has 6 nitrogen and oxygen atoms in total. The third-order valence-electron chi connectivity index (χ3n) is 3.58. The van der Waals surface area contributed by atoms with Gasteiger partial charge in [-0.2, -0.15) is 5.10 Å². The molecule has 0 aliphatic rings. The summed E-state index contributed by atoms with van der Waals surface area (Å²) in [5.74, 6) is -0.206. The second-order valence-corrected chi connectivity index (χ2v) is 7.62. The van der Waals surface area contributed by atoms with Crippen LogP contribution in [0.1, 0.15) is 11.3 Å². The summed E-state index contributed by atoms with van der Waals surface area (Å²) in [5.41, 5.74) is 1.39. The van der Waals surface area contributed by atoms with E-state index in [0.29, 0.717) is 17.3 Å². The fourth-order valence-corrected chi connectivity index (χ4v) is 3.83. The zero-order valence-electron chi connectivity index (χ0n) is 13.3. The molecule has 130 valence electrons. The van der Waals surface area contributed by atoms with E-state index in [1.807, 2.05) is 30.3 Å². The molecule has 3 aromatic rings. The molecule has 0 radical (unpaired) electrons. The quantitative estimate of drug-likeness (QED) is 0.667. The minimum atomic E-state index is -3.91. The molecule has 0 fully saturated rings. The maximum Gasteiger partial charge on any atom is 0.265 e. The number of hydrogen-bond donors (Lipinski definition) is 2. The van der Waals surface area contributed by atoms with Gasteiger partial charge in [-0.3, -0.25) is 9.40 Å². The summed E-state index contributed by atoms with van der Waals surface area (Å²) in [7, 11) is -3.91. The van der Waals surface area contributed by atoms with Crippen LogP contribution in [0.2, 0.25) is 5.02 Å². The van der Waals surface area contributed by atoms with Gasteiger partial charge in [0.2, 0.25) is 0 Å². The Labute approximate surface area is 150 Å². The number of aromatic nitrogens is 2. The second-order valence-electron chi connectivity index (χ2n) is 5.53. The monoisotopic (exact) mass is 377 g/mol. The van der Waals surface area contributed by atoms with E-state index in [2.05, 4.69) is 9.82 Å². The maximum atomic E-state index is 12.6. The molecule has 0 amide bonds. The van der Waals surface area contributed by atoms with Gasteiger partial charge in [-0.15, -0.1) is 0 Å². The van der Waals surface area contributed by atoms with Gasteiger partial charge in [0.25, 0.3) is 10.0 Å². The maximum absolute atomic E-state index is 12.6. The van der Waals surface area contributed by atoms with Crippen LogP contribution in [0, 0.1) is 6.92 Å². The molecule has 0 spiro atoms. The lowest BCUT2D eigenvalue weighted by atomic mass is 10.2.